The van der Waals surface area contributed by atoms with Crippen LogP contribution in [0, 0.1) is 17.2 Å². The zero-order valence-corrected chi connectivity index (χ0v) is 14.4. The number of carbonyl (C=O) groups is 2. The van der Waals surface area contributed by atoms with Crippen molar-refractivity contribution in [2.75, 3.05) is 33.4 Å². The summed E-state index contributed by atoms with van der Waals surface area (Å²) in [7, 11) is 1.56. The van der Waals surface area contributed by atoms with E-state index in [1.54, 1.807) is 24.1 Å². The summed E-state index contributed by atoms with van der Waals surface area (Å²) >= 11 is 0. The Labute approximate surface area is 147 Å². The Morgan fingerprint density at radius 3 is 2.60 bits per heavy atom. The van der Waals surface area contributed by atoms with Gasteiger partial charge >= 0.3 is 0 Å². The average molecular weight is 345 g/mol. The quantitative estimate of drug-likeness (QED) is 0.805. The second-order valence-corrected chi connectivity index (χ2v) is 5.90. The minimum absolute atomic E-state index is 0.0239. The van der Waals surface area contributed by atoms with Crippen LogP contribution in [0.2, 0.25) is 0 Å². The monoisotopic (exact) mass is 345 g/mol. The van der Waals surface area contributed by atoms with Gasteiger partial charge in [-0.05, 0) is 30.9 Å². The molecule has 0 saturated carbocycles. The van der Waals surface area contributed by atoms with Crippen LogP contribution in [0.1, 0.15) is 19.3 Å². The second-order valence-electron chi connectivity index (χ2n) is 5.90. The van der Waals surface area contributed by atoms with E-state index in [1.165, 1.54) is 0 Å². The molecule has 1 heterocycles. The molecule has 7 heteroatoms. The maximum Gasteiger partial charge on any atom is 0.260 e. The van der Waals surface area contributed by atoms with Gasteiger partial charge in [-0.25, -0.2) is 0 Å². The zero-order chi connectivity index (χ0) is 18.1. The molecule has 1 aromatic carbocycles. The number of nitrogens with one attached hydrogen (secondary N) is 1. The topological polar surface area (TPSA) is 91.7 Å². The Bertz CT molecular complexity index is 633. The van der Waals surface area contributed by atoms with Gasteiger partial charge in [-0.1, -0.05) is 12.1 Å². The molecule has 134 valence electrons. The van der Waals surface area contributed by atoms with Crippen LogP contribution in [0.3, 0.4) is 0 Å². The summed E-state index contributed by atoms with van der Waals surface area (Å²) in [5.74, 6) is 1.18. The Kier molecular flexibility index (Phi) is 7.08. The number of methoxy groups -OCH3 is 1. The van der Waals surface area contributed by atoms with Crippen LogP contribution in [0.5, 0.6) is 11.5 Å². The molecule has 0 aliphatic carbocycles. The molecular weight excluding hydrogens is 322 g/mol. The largest absolute Gasteiger partial charge is 0.493 e. The van der Waals surface area contributed by atoms with E-state index in [-0.39, 0.29) is 24.8 Å². The van der Waals surface area contributed by atoms with Crippen molar-refractivity contribution in [3.05, 3.63) is 24.3 Å². The first kappa shape index (κ1) is 18.6. The van der Waals surface area contributed by atoms with E-state index in [2.05, 4.69) is 5.32 Å². The van der Waals surface area contributed by atoms with Crippen molar-refractivity contribution in [2.45, 2.75) is 19.3 Å². The Hall–Kier alpha value is -2.75. The molecule has 7 nitrogen and oxygen atoms in total. The summed E-state index contributed by atoms with van der Waals surface area (Å²) in [6.07, 6.45) is 1.54. The third-order valence-electron chi connectivity index (χ3n) is 4.21. The molecule has 1 aliphatic rings. The predicted octanol–water partition coefficient (Wildman–Crippen LogP) is 1.34. The highest BCUT2D eigenvalue weighted by molar-refractivity contribution is 5.78. The van der Waals surface area contributed by atoms with Gasteiger partial charge in [0.05, 0.1) is 13.2 Å². The number of rotatable bonds is 7. The molecule has 0 aromatic heterocycles. The number of amides is 2. The highest BCUT2D eigenvalue weighted by atomic mass is 16.5. The van der Waals surface area contributed by atoms with Crippen molar-refractivity contribution in [3.8, 4) is 17.6 Å². The standard InChI is InChI=1S/C18H23N3O4/c1-24-15-4-2-3-5-16(15)25-13-18(23)21-10-7-14(8-11-21)12-20-17(22)6-9-19/h2-5,14H,6-8,10-13H2,1H3,(H,20,22). The van der Waals surface area contributed by atoms with Crippen LogP contribution < -0.4 is 14.8 Å². The molecule has 0 atom stereocenters. The van der Waals surface area contributed by atoms with E-state index in [0.29, 0.717) is 37.1 Å². The predicted molar refractivity (Wildman–Crippen MR) is 91.0 cm³/mol. The van der Waals surface area contributed by atoms with E-state index in [9.17, 15) is 9.59 Å². The number of piperidine rings is 1. The number of para-hydroxylation sites is 2. The molecule has 2 amide bonds. The summed E-state index contributed by atoms with van der Waals surface area (Å²) in [6, 6.07) is 9.04. The maximum absolute atomic E-state index is 12.3. The Morgan fingerprint density at radius 2 is 1.96 bits per heavy atom. The fourth-order valence-electron chi connectivity index (χ4n) is 2.75. The van der Waals surface area contributed by atoms with Crippen molar-refractivity contribution in [3.63, 3.8) is 0 Å². The van der Waals surface area contributed by atoms with Crippen molar-refractivity contribution in [1.29, 1.82) is 5.26 Å². The van der Waals surface area contributed by atoms with Crippen LogP contribution in [0.15, 0.2) is 24.3 Å². The van der Waals surface area contributed by atoms with Crippen molar-refractivity contribution in [2.24, 2.45) is 5.92 Å². The molecule has 0 unspecified atom stereocenters. The van der Waals surface area contributed by atoms with Gasteiger partial charge in [-0.3, -0.25) is 9.59 Å². The first-order chi connectivity index (χ1) is 12.1. The van der Waals surface area contributed by atoms with E-state index in [1.807, 2.05) is 18.2 Å². The van der Waals surface area contributed by atoms with Crippen LogP contribution in [0.25, 0.3) is 0 Å². The molecule has 25 heavy (non-hydrogen) atoms. The number of benzene rings is 1. The summed E-state index contributed by atoms with van der Waals surface area (Å²) in [6.45, 7) is 1.82. The Morgan fingerprint density at radius 1 is 1.28 bits per heavy atom. The van der Waals surface area contributed by atoms with Crippen LogP contribution in [-0.4, -0.2) is 50.1 Å². The van der Waals surface area contributed by atoms with Crippen molar-refractivity contribution >= 4 is 11.8 Å². The third-order valence-corrected chi connectivity index (χ3v) is 4.21. The number of carbonyl (C=O) groups excluding carboxylic acids is 2. The summed E-state index contributed by atoms with van der Waals surface area (Å²) in [5.41, 5.74) is 0. The minimum Gasteiger partial charge on any atom is -0.493 e. The average Bonchev–Trinajstić information content (AvgIpc) is 2.65. The fraction of sp³-hybridized carbons (Fsp3) is 0.500. The number of hydrogen-bond acceptors (Lipinski definition) is 5. The lowest BCUT2D eigenvalue weighted by atomic mass is 9.96. The van der Waals surface area contributed by atoms with Crippen LogP contribution >= 0.6 is 0 Å². The molecule has 1 N–H and O–H groups in total. The van der Waals surface area contributed by atoms with Gasteiger partial charge < -0.3 is 19.7 Å². The molecule has 2 rings (SSSR count). The number of ether oxygens (including phenoxy) is 2. The lowest BCUT2D eigenvalue weighted by Gasteiger charge is -2.32. The van der Waals surface area contributed by atoms with Gasteiger partial charge in [0.1, 0.15) is 6.42 Å². The van der Waals surface area contributed by atoms with Gasteiger partial charge in [0, 0.05) is 19.6 Å². The van der Waals surface area contributed by atoms with Gasteiger partial charge in [0.15, 0.2) is 18.1 Å². The van der Waals surface area contributed by atoms with E-state index in [4.69, 9.17) is 14.7 Å². The number of hydrogen-bond donors (Lipinski definition) is 1. The minimum atomic E-state index is -0.244. The van der Waals surface area contributed by atoms with E-state index in [0.717, 1.165) is 12.8 Å². The van der Waals surface area contributed by atoms with Gasteiger partial charge in [0.2, 0.25) is 5.91 Å². The first-order valence-electron chi connectivity index (χ1n) is 8.31. The highest BCUT2D eigenvalue weighted by Gasteiger charge is 2.23. The normalized spacial score (nSPS) is 14.5. The highest BCUT2D eigenvalue weighted by Crippen LogP contribution is 2.26. The van der Waals surface area contributed by atoms with Crippen molar-refractivity contribution < 1.29 is 19.1 Å². The van der Waals surface area contributed by atoms with E-state index >= 15 is 0 Å². The second kappa shape index (κ2) is 9.52. The smallest absolute Gasteiger partial charge is 0.260 e. The van der Waals surface area contributed by atoms with Gasteiger partial charge in [0.25, 0.3) is 5.91 Å². The van der Waals surface area contributed by atoms with E-state index < -0.39 is 0 Å². The molecule has 0 spiro atoms. The number of likely N-dealkylation sites (tertiary alicyclic amines) is 1. The molecule has 0 bridgehead atoms. The Balaban J connectivity index is 1.72. The van der Waals surface area contributed by atoms with Crippen LogP contribution in [0.4, 0.5) is 0 Å². The molecule has 1 aliphatic heterocycles. The number of nitriles is 1. The number of nitrogens with zero attached hydrogens (tertiary/aromatic N) is 2. The van der Waals surface area contributed by atoms with Gasteiger partial charge in [-0.2, -0.15) is 5.26 Å². The summed E-state index contributed by atoms with van der Waals surface area (Å²) in [5, 5.41) is 11.2. The molecule has 1 saturated heterocycles. The lowest BCUT2D eigenvalue weighted by Crippen LogP contribution is -2.43. The zero-order valence-electron chi connectivity index (χ0n) is 14.4. The summed E-state index contributed by atoms with van der Waals surface area (Å²) < 4.78 is 10.8. The van der Waals surface area contributed by atoms with Crippen LogP contribution in [-0.2, 0) is 9.59 Å². The SMILES string of the molecule is COc1ccccc1OCC(=O)N1CCC(CNC(=O)CC#N)CC1. The molecule has 1 aromatic rings. The molecular formula is C18H23N3O4. The van der Waals surface area contributed by atoms with Gasteiger partial charge in [-0.15, -0.1) is 0 Å². The summed E-state index contributed by atoms with van der Waals surface area (Å²) in [4.78, 5) is 25.4. The molecule has 1 fully saturated rings. The fourth-order valence-corrected chi connectivity index (χ4v) is 2.75. The lowest BCUT2D eigenvalue weighted by molar-refractivity contribution is -0.135. The maximum atomic E-state index is 12.3. The third kappa shape index (κ3) is 5.68. The first-order valence-corrected chi connectivity index (χ1v) is 8.31. The van der Waals surface area contributed by atoms with Crippen molar-refractivity contribution in [1.82, 2.24) is 10.2 Å². The molecule has 0 radical (unpaired) electrons.